The van der Waals surface area contributed by atoms with Crippen LogP contribution in [-0.4, -0.2) is 45.1 Å². The van der Waals surface area contributed by atoms with Gasteiger partial charge in [0.1, 0.15) is 5.60 Å². The maximum absolute atomic E-state index is 13.0. The van der Waals surface area contributed by atoms with Crippen LogP contribution in [0.5, 0.6) is 0 Å². The predicted molar refractivity (Wildman–Crippen MR) is 113 cm³/mol. The van der Waals surface area contributed by atoms with Gasteiger partial charge in [-0.25, -0.2) is 9.59 Å². The fraction of sp³-hybridized carbons (Fsp3) is 0.833. The first-order chi connectivity index (χ1) is 14.2. The van der Waals surface area contributed by atoms with E-state index in [1.807, 2.05) is 0 Å². The summed E-state index contributed by atoms with van der Waals surface area (Å²) in [7, 11) is 0. The van der Waals surface area contributed by atoms with Crippen molar-refractivity contribution in [1.29, 1.82) is 0 Å². The molecular formula is C24H38O6. The van der Waals surface area contributed by atoms with Gasteiger partial charge in [-0.2, -0.15) is 0 Å². The summed E-state index contributed by atoms with van der Waals surface area (Å²) in [4.78, 5) is 24.8. The number of hydrogen-bond acceptors (Lipinski definition) is 6. The lowest BCUT2D eigenvalue weighted by Gasteiger charge is -2.62. The Morgan fingerprint density at radius 3 is 2.17 bits per heavy atom. The molecule has 3 unspecified atom stereocenters. The van der Waals surface area contributed by atoms with Gasteiger partial charge in [0.25, 0.3) is 0 Å². The fourth-order valence-electron chi connectivity index (χ4n) is 6.34. The minimum Gasteiger partial charge on any atom is -0.456 e. The van der Waals surface area contributed by atoms with Gasteiger partial charge in [-0.15, -0.1) is 0 Å². The lowest BCUT2D eigenvalue weighted by molar-refractivity contribution is -0.264. The van der Waals surface area contributed by atoms with Gasteiger partial charge in [0.2, 0.25) is 0 Å². The van der Waals surface area contributed by atoms with E-state index in [1.165, 1.54) is 25.7 Å². The Bertz CT molecular complexity index is 626. The van der Waals surface area contributed by atoms with Gasteiger partial charge in [-0.3, -0.25) is 0 Å². The average Bonchev–Trinajstić information content (AvgIpc) is 2.62. The zero-order valence-corrected chi connectivity index (χ0v) is 18.4. The number of carbonyl (C=O) groups is 2. The SMILES string of the molecule is C=CC(=O)OC(CCCCCCCCC)C(=O)OC12CC3CC(O)(CC(O)(C3)C1)C2. The van der Waals surface area contributed by atoms with E-state index < -0.39 is 34.8 Å². The number of aliphatic hydroxyl groups is 2. The summed E-state index contributed by atoms with van der Waals surface area (Å²) < 4.78 is 11.2. The van der Waals surface area contributed by atoms with Crippen LogP contribution in [0, 0.1) is 5.92 Å². The van der Waals surface area contributed by atoms with Crippen LogP contribution < -0.4 is 0 Å². The molecule has 0 radical (unpaired) electrons. The molecule has 4 saturated carbocycles. The van der Waals surface area contributed by atoms with Gasteiger partial charge in [0.15, 0.2) is 6.10 Å². The lowest BCUT2D eigenvalue weighted by Crippen LogP contribution is -2.67. The van der Waals surface area contributed by atoms with Crippen molar-refractivity contribution in [2.24, 2.45) is 5.92 Å². The molecule has 2 N–H and O–H groups in total. The van der Waals surface area contributed by atoms with Gasteiger partial charge in [-0.05, 0) is 38.0 Å². The fourth-order valence-corrected chi connectivity index (χ4v) is 6.34. The van der Waals surface area contributed by atoms with Gasteiger partial charge in [0, 0.05) is 25.3 Å². The Morgan fingerprint density at radius 2 is 1.60 bits per heavy atom. The Kier molecular flexibility index (Phi) is 7.28. The Labute approximate surface area is 180 Å². The molecule has 0 saturated heterocycles. The number of carbonyl (C=O) groups excluding carboxylic acids is 2. The summed E-state index contributed by atoms with van der Waals surface area (Å²) in [6.07, 6.45) is 11.2. The van der Waals surface area contributed by atoms with Crippen LogP contribution in [0.4, 0.5) is 0 Å². The largest absolute Gasteiger partial charge is 0.456 e. The molecule has 0 aromatic heterocycles. The first kappa shape index (κ1) is 23.3. The molecular weight excluding hydrogens is 384 g/mol. The van der Waals surface area contributed by atoms with E-state index in [2.05, 4.69) is 13.5 Å². The van der Waals surface area contributed by atoms with Crippen LogP contribution in [0.1, 0.15) is 96.8 Å². The third kappa shape index (κ3) is 5.64. The third-order valence-electron chi connectivity index (χ3n) is 7.03. The van der Waals surface area contributed by atoms with Crippen LogP contribution in [-0.2, 0) is 19.1 Å². The molecule has 6 nitrogen and oxygen atoms in total. The second kappa shape index (κ2) is 9.39. The van der Waals surface area contributed by atoms with Gasteiger partial charge >= 0.3 is 11.9 Å². The van der Waals surface area contributed by atoms with E-state index in [0.717, 1.165) is 25.3 Å². The van der Waals surface area contributed by atoms with Crippen LogP contribution in [0.2, 0.25) is 0 Å². The molecule has 30 heavy (non-hydrogen) atoms. The summed E-state index contributed by atoms with van der Waals surface area (Å²) >= 11 is 0. The molecule has 170 valence electrons. The van der Waals surface area contributed by atoms with E-state index in [4.69, 9.17) is 9.47 Å². The minimum atomic E-state index is -0.972. The second-order valence-corrected chi connectivity index (χ2v) is 10.1. The Balaban J connectivity index is 1.57. The molecule has 6 heteroatoms. The Hall–Kier alpha value is -1.40. The van der Waals surface area contributed by atoms with E-state index in [1.54, 1.807) is 0 Å². The summed E-state index contributed by atoms with van der Waals surface area (Å²) in [5, 5.41) is 21.8. The minimum absolute atomic E-state index is 0.154. The Morgan fingerprint density at radius 1 is 1.00 bits per heavy atom. The van der Waals surface area contributed by atoms with Crippen molar-refractivity contribution < 1.29 is 29.3 Å². The molecule has 4 fully saturated rings. The average molecular weight is 423 g/mol. The topological polar surface area (TPSA) is 93.1 Å². The highest BCUT2D eigenvalue weighted by molar-refractivity contribution is 5.85. The summed E-state index contributed by atoms with van der Waals surface area (Å²) in [5.41, 5.74) is -2.81. The van der Waals surface area contributed by atoms with Crippen LogP contribution in [0.3, 0.4) is 0 Å². The van der Waals surface area contributed by atoms with Gasteiger partial charge in [-0.1, -0.05) is 52.0 Å². The van der Waals surface area contributed by atoms with Crippen molar-refractivity contribution in [2.45, 2.75) is 120 Å². The van der Waals surface area contributed by atoms with Crippen molar-refractivity contribution in [3.63, 3.8) is 0 Å². The smallest absolute Gasteiger partial charge is 0.348 e. The normalized spacial score (nSPS) is 35.1. The molecule has 0 amide bonds. The lowest BCUT2D eigenvalue weighted by atomic mass is 9.50. The number of unbranched alkanes of at least 4 members (excludes halogenated alkanes) is 6. The van der Waals surface area contributed by atoms with Gasteiger partial charge < -0.3 is 19.7 Å². The van der Waals surface area contributed by atoms with Gasteiger partial charge in [0.05, 0.1) is 11.2 Å². The predicted octanol–water partition coefficient (Wildman–Crippen LogP) is 3.97. The van der Waals surface area contributed by atoms with Crippen molar-refractivity contribution in [3.8, 4) is 0 Å². The molecule has 4 aliphatic rings. The number of ether oxygens (including phenoxy) is 2. The molecule has 4 aliphatic carbocycles. The molecule has 3 atom stereocenters. The van der Waals surface area contributed by atoms with E-state index in [9.17, 15) is 19.8 Å². The van der Waals surface area contributed by atoms with Crippen LogP contribution >= 0.6 is 0 Å². The monoisotopic (exact) mass is 422 g/mol. The molecule has 4 rings (SSSR count). The van der Waals surface area contributed by atoms with Crippen LogP contribution in [0.15, 0.2) is 12.7 Å². The zero-order chi connectivity index (χ0) is 21.8. The summed E-state index contributed by atoms with van der Waals surface area (Å²) in [6, 6.07) is 0. The molecule has 0 heterocycles. The molecule has 0 spiro atoms. The maximum atomic E-state index is 13.0. The second-order valence-electron chi connectivity index (χ2n) is 10.1. The standard InChI is InChI=1S/C24H38O6/c1-3-5-6-7-8-9-10-11-19(29-20(25)4-2)21(26)30-24-14-18-12-22(27,16-24)15-23(28,13-18)17-24/h4,18-19,27-28H,2-3,5-17H2,1H3. The highest BCUT2D eigenvalue weighted by atomic mass is 16.6. The first-order valence-corrected chi connectivity index (χ1v) is 11.7. The highest BCUT2D eigenvalue weighted by Gasteiger charge is 2.64. The third-order valence-corrected chi connectivity index (χ3v) is 7.03. The van der Waals surface area contributed by atoms with E-state index in [0.29, 0.717) is 44.9 Å². The summed E-state index contributed by atoms with van der Waals surface area (Å²) in [6.45, 7) is 5.60. The van der Waals surface area contributed by atoms with Crippen molar-refractivity contribution >= 4 is 11.9 Å². The molecule has 0 aromatic carbocycles. The van der Waals surface area contributed by atoms with Crippen molar-refractivity contribution in [2.75, 3.05) is 0 Å². The zero-order valence-electron chi connectivity index (χ0n) is 18.4. The molecule has 4 bridgehead atoms. The van der Waals surface area contributed by atoms with Crippen LogP contribution in [0.25, 0.3) is 0 Å². The molecule has 0 aromatic rings. The number of rotatable bonds is 12. The summed E-state index contributed by atoms with van der Waals surface area (Å²) in [5.74, 6) is -1.05. The molecule has 0 aliphatic heterocycles. The van der Waals surface area contributed by atoms with Crippen molar-refractivity contribution in [3.05, 3.63) is 12.7 Å². The highest BCUT2D eigenvalue weighted by Crippen LogP contribution is 2.60. The maximum Gasteiger partial charge on any atom is 0.348 e. The quantitative estimate of drug-likeness (QED) is 0.281. The first-order valence-electron chi connectivity index (χ1n) is 11.7. The number of esters is 2. The van der Waals surface area contributed by atoms with Crippen molar-refractivity contribution in [1.82, 2.24) is 0 Å². The van der Waals surface area contributed by atoms with E-state index >= 15 is 0 Å². The van der Waals surface area contributed by atoms with E-state index in [-0.39, 0.29) is 5.92 Å². The number of hydrogen-bond donors (Lipinski definition) is 2.